The molecule has 0 radical (unpaired) electrons. The van der Waals surface area contributed by atoms with E-state index in [-0.39, 0.29) is 29.9 Å². The molecule has 4 rings (SSSR count). The van der Waals surface area contributed by atoms with Crippen molar-refractivity contribution >= 4 is 40.3 Å². The second-order valence-electron chi connectivity index (χ2n) is 13.1. The van der Waals surface area contributed by atoms with Crippen LogP contribution in [0.4, 0.5) is 0 Å². The van der Waals surface area contributed by atoms with Gasteiger partial charge < -0.3 is 25.4 Å². The summed E-state index contributed by atoms with van der Waals surface area (Å²) >= 11 is 0. The van der Waals surface area contributed by atoms with Crippen LogP contribution < -0.4 is 16.0 Å². The quantitative estimate of drug-likeness (QED) is 0.281. The Bertz CT molecular complexity index is 1390. The largest absolute Gasteiger partial charge is 0.347 e. The number of fused-ring (bicyclic) bond motifs is 2. The average Bonchev–Trinajstić information content (AvgIpc) is 3.41. The van der Waals surface area contributed by atoms with Crippen LogP contribution >= 0.6 is 0 Å². The summed E-state index contributed by atoms with van der Waals surface area (Å²) in [4.78, 5) is 69.3. The molecule has 2 aliphatic heterocycles. The highest BCUT2D eigenvalue weighted by atomic mass is 16.2. The number of unbranched alkanes of at least 4 members (excludes halogenated alkanes) is 2. The van der Waals surface area contributed by atoms with Gasteiger partial charge in [0.05, 0.1) is 0 Å². The van der Waals surface area contributed by atoms with Gasteiger partial charge in [0.15, 0.2) is 0 Å². The van der Waals surface area contributed by atoms with E-state index in [1.807, 2.05) is 39.0 Å². The van der Waals surface area contributed by atoms with Crippen LogP contribution in [0, 0.1) is 5.92 Å². The van der Waals surface area contributed by atoms with Gasteiger partial charge in [-0.2, -0.15) is 0 Å². The molecular weight excluding hydrogens is 582 g/mol. The molecule has 2 fully saturated rings. The van der Waals surface area contributed by atoms with Crippen molar-refractivity contribution < 1.29 is 24.0 Å². The Hall–Kier alpha value is -3.69. The minimum atomic E-state index is -0.953. The summed E-state index contributed by atoms with van der Waals surface area (Å²) < 4.78 is 2.17. The molecule has 0 aliphatic carbocycles. The first-order valence-corrected chi connectivity index (χ1v) is 17.5. The molecule has 0 bridgehead atoms. The molecule has 10 heteroatoms. The molecule has 4 amide bonds. The number of para-hydroxylation sites is 1. The maximum absolute atomic E-state index is 14.1. The zero-order valence-corrected chi connectivity index (χ0v) is 28.1. The van der Waals surface area contributed by atoms with E-state index >= 15 is 0 Å². The van der Waals surface area contributed by atoms with E-state index in [1.54, 1.807) is 4.90 Å². The number of nitrogens with one attached hydrogen (secondary N) is 3. The Morgan fingerprint density at radius 1 is 0.913 bits per heavy atom. The number of carbonyl (C=O) groups is 5. The predicted molar refractivity (Wildman–Crippen MR) is 179 cm³/mol. The molecule has 1 aromatic heterocycles. The molecule has 10 nitrogen and oxygen atoms in total. The molecule has 2 aliphatic rings. The number of ketones is 1. The average molecular weight is 636 g/mol. The number of amides is 4. The summed E-state index contributed by atoms with van der Waals surface area (Å²) in [5.41, 5.74) is 2.00. The smallest absolute Gasteiger partial charge is 0.246 e. The van der Waals surface area contributed by atoms with Crippen LogP contribution in [0.2, 0.25) is 0 Å². The SMILES string of the molecule is CCCn1cc(C[C@H]2NC(=O)[C@@H](CCCCCC(=O)CC)NC(=O)[C@H]3CCCCN3C(=O)[C@@H](C(C)CC)NC2=O)c2ccccc21. The minimum Gasteiger partial charge on any atom is -0.347 e. The van der Waals surface area contributed by atoms with Gasteiger partial charge in [-0.05, 0) is 56.1 Å². The van der Waals surface area contributed by atoms with Crippen LogP contribution in [0.15, 0.2) is 30.5 Å². The zero-order valence-electron chi connectivity index (χ0n) is 28.1. The van der Waals surface area contributed by atoms with Gasteiger partial charge in [0.1, 0.15) is 30.0 Å². The standard InChI is InChI=1S/C36H53N5O5/c1-5-20-40-23-25(27-16-11-12-18-30(27)40)22-29-34(44)39-32(24(4)6-2)36(46)41-21-14-13-19-31(41)35(45)37-28(33(43)38-29)17-10-8-9-15-26(42)7-3/h11-12,16,18,23-24,28-29,31-32H,5-10,13-15,17,19-22H2,1-4H3,(H,37,45)(H,38,43)(H,39,44)/t24?,28-,29-,31-,32-/m1/s1. The molecule has 2 saturated heterocycles. The second-order valence-corrected chi connectivity index (χ2v) is 13.1. The fraction of sp³-hybridized carbons (Fsp3) is 0.639. The lowest BCUT2D eigenvalue weighted by molar-refractivity contribution is -0.147. The number of nitrogens with zero attached hydrogens (tertiary/aromatic N) is 2. The molecule has 252 valence electrons. The number of aromatic nitrogens is 1. The van der Waals surface area contributed by atoms with Crippen LogP contribution in [0.3, 0.4) is 0 Å². The Morgan fingerprint density at radius 2 is 1.65 bits per heavy atom. The Balaban J connectivity index is 1.67. The summed E-state index contributed by atoms with van der Waals surface area (Å²) in [7, 11) is 0. The van der Waals surface area contributed by atoms with E-state index in [0.29, 0.717) is 45.1 Å². The molecule has 3 heterocycles. The van der Waals surface area contributed by atoms with Crippen LogP contribution in [-0.2, 0) is 36.9 Å². The number of benzene rings is 1. The van der Waals surface area contributed by atoms with Crippen LogP contribution in [0.1, 0.15) is 104 Å². The first kappa shape index (κ1) is 35.2. The van der Waals surface area contributed by atoms with E-state index in [9.17, 15) is 24.0 Å². The van der Waals surface area contributed by atoms with Gasteiger partial charge in [0, 0.05) is 49.5 Å². The van der Waals surface area contributed by atoms with Crippen LogP contribution in [-0.4, -0.2) is 69.6 Å². The number of carbonyl (C=O) groups excluding carboxylic acids is 5. The van der Waals surface area contributed by atoms with Gasteiger partial charge in [0.2, 0.25) is 23.6 Å². The lowest BCUT2D eigenvalue weighted by Crippen LogP contribution is -2.64. The van der Waals surface area contributed by atoms with E-state index in [4.69, 9.17) is 0 Å². The maximum Gasteiger partial charge on any atom is 0.246 e. The Morgan fingerprint density at radius 3 is 2.39 bits per heavy atom. The van der Waals surface area contributed by atoms with Crippen molar-refractivity contribution in [2.45, 2.75) is 135 Å². The fourth-order valence-electron chi connectivity index (χ4n) is 6.76. The predicted octanol–water partition coefficient (Wildman–Crippen LogP) is 4.42. The van der Waals surface area contributed by atoms with Crippen molar-refractivity contribution in [2.24, 2.45) is 5.92 Å². The lowest BCUT2D eigenvalue weighted by atomic mass is 9.93. The van der Waals surface area contributed by atoms with E-state index in [0.717, 1.165) is 55.1 Å². The molecule has 5 atom stereocenters. The molecule has 3 N–H and O–H groups in total. The monoisotopic (exact) mass is 635 g/mol. The van der Waals surface area contributed by atoms with Gasteiger partial charge in [-0.15, -0.1) is 0 Å². The number of aryl methyl sites for hydroxylation is 1. The zero-order chi connectivity index (χ0) is 33.2. The molecule has 0 saturated carbocycles. The summed E-state index contributed by atoms with van der Waals surface area (Å²) in [6.45, 7) is 9.14. The van der Waals surface area contributed by atoms with Crippen LogP contribution in [0.5, 0.6) is 0 Å². The summed E-state index contributed by atoms with van der Waals surface area (Å²) in [6.07, 6.45) is 9.49. The first-order valence-electron chi connectivity index (χ1n) is 17.5. The summed E-state index contributed by atoms with van der Waals surface area (Å²) in [5.74, 6) is -1.35. The molecule has 1 unspecified atom stereocenters. The molecule has 0 spiro atoms. The summed E-state index contributed by atoms with van der Waals surface area (Å²) in [5, 5.41) is 10.0. The topological polar surface area (TPSA) is 130 Å². The first-order chi connectivity index (χ1) is 22.2. The molecule has 46 heavy (non-hydrogen) atoms. The van der Waals surface area contributed by atoms with Crippen molar-refractivity contribution in [1.29, 1.82) is 0 Å². The highest BCUT2D eigenvalue weighted by Gasteiger charge is 2.40. The third-order valence-electron chi connectivity index (χ3n) is 9.73. The van der Waals surface area contributed by atoms with Crippen molar-refractivity contribution in [3.05, 3.63) is 36.0 Å². The van der Waals surface area contributed by atoms with Crippen molar-refractivity contribution in [3.63, 3.8) is 0 Å². The number of hydrogen-bond acceptors (Lipinski definition) is 5. The van der Waals surface area contributed by atoms with E-state index in [2.05, 4.69) is 39.7 Å². The Labute approximate surface area is 273 Å². The highest BCUT2D eigenvalue weighted by molar-refractivity contribution is 5.98. The van der Waals surface area contributed by atoms with Crippen molar-refractivity contribution in [1.82, 2.24) is 25.4 Å². The van der Waals surface area contributed by atoms with Crippen molar-refractivity contribution in [2.75, 3.05) is 6.54 Å². The third kappa shape index (κ3) is 8.56. The number of hydrogen-bond donors (Lipinski definition) is 3. The van der Waals surface area contributed by atoms with Gasteiger partial charge in [0.25, 0.3) is 0 Å². The molecular formula is C36H53N5O5. The molecule has 2 aromatic rings. The third-order valence-corrected chi connectivity index (χ3v) is 9.73. The minimum absolute atomic E-state index is 0.166. The number of piperidine rings is 1. The van der Waals surface area contributed by atoms with Gasteiger partial charge >= 0.3 is 0 Å². The lowest BCUT2D eigenvalue weighted by Gasteiger charge is -2.39. The highest BCUT2D eigenvalue weighted by Crippen LogP contribution is 2.25. The van der Waals surface area contributed by atoms with Gasteiger partial charge in [-0.1, -0.05) is 65.2 Å². The van der Waals surface area contributed by atoms with E-state index < -0.39 is 36.0 Å². The fourth-order valence-corrected chi connectivity index (χ4v) is 6.76. The van der Waals surface area contributed by atoms with Gasteiger partial charge in [-0.3, -0.25) is 24.0 Å². The number of rotatable bonds is 13. The molecule has 1 aromatic carbocycles. The van der Waals surface area contributed by atoms with Crippen molar-refractivity contribution in [3.8, 4) is 0 Å². The van der Waals surface area contributed by atoms with Gasteiger partial charge in [-0.25, -0.2) is 0 Å². The second kappa shape index (κ2) is 16.7. The maximum atomic E-state index is 14.1. The normalized spacial score (nSPS) is 23.5. The Kier molecular flexibility index (Phi) is 12.8. The van der Waals surface area contributed by atoms with Crippen LogP contribution in [0.25, 0.3) is 10.9 Å². The summed E-state index contributed by atoms with van der Waals surface area (Å²) in [6, 6.07) is 4.72. The van der Waals surface area contributed by atoms with E-state index in [1.165, 1.54) is 0 Å². The number of Topliss-reactive ketones (excluding diaryl/α,β-unsaturated/α-hetero) is 1.